The van der Waals surface area contributed by atoms with Gasteiger partial charge in [0.1, 0.15) is 16.7 Å². The number of benzene rings is 1. The molecule has 5 rings (SSSR count). The third-order valence-corrected chi connectivity index (χ3v) is 8.79. The van der Waals surface area contributed by atoms with Crippen molar-refractivity contribution in [2.45, 2.75) is 6.92 Å². The quantitative estimate of drug-likeness (QED) is 0.340. The maximum atomic E-state index is 13.3. The lowest BCUT2D eigenvalue weighted by molar-refractivity contribution is 0.102. The van der Waals surface area contributed by atoms with Crippen LogP contribution in [0.25, 0.3) is 21.3 Å². The largest absolute Gasteiger partial charge is 0.494 e. The summed E-state index contributed by atoms with van der Waals surface area (Å²) in [5, 5.41) is 3.55. The molecule has 0 saturated carbocycles. The fourth-order valence-corrected chi connectivity index (χ4v) is 6.48. The summed E-state index contributed by atoms with van der Waals surface area (Å²) in [6.45, 7) is 2.17. The molecule has 3 aromatic heterocycles. The lowest BCUT2D eigenvalue weighted by Gasteiger charge is -2.25. The van der Waals surface area contributed by atoms with Crippen LogP contribution in [0.2, 0.25) is 5.15 Å². The van der Waals surface area contributed by atoms with Crippen LogP contribution in [0.15, 0.2) is 42.7 Å². The number of nitrogens with one attached hydrogen (secondary N) is 1. The molecule has 4 aromatic rings. The number of aryl methyl sites for hydroxylation is 1. The van der Waals surface area contributed by atoms with E-state index < -0.39 is 9.84 Å². The van der Waals surface area contributed by atoms with Crippen LogP contribution in [0, 0.1) is 12.8 Å². The topological polar surface area (TPSA) is 120 Å². The van der Waals surface area contributed by atoms with Crippen LogP contribution in [0.3, 0.4) is 0 Å². The van der Waals surface area contributed by atoms with Crippen molar-refractivity contribution in [2.24, 2.45) is 5.92 Å². The molecule has 0 atom stereocenters. The summed E-state index contributed by atoms with van der Waals surface area (Å²) in [6.07, 6.45) is 3.01. The van der Waals surface area contributed by atoms with Gasteiger partial charge in [0.2, 0.25) is 0 Å². The van der Waals surface area contributed by atoms with E-state index in [4.69, 9.17) is 21.1 Å². The van der Waals surface area contributed by atoms with Crippen molar-refractivity contribution in [3.63, 3.8) is 0 Å². The van der Waals surface area contributed by atoms with Gasteiger partial charge in [-0.1, -0.05) is 22.9 Å². The van der Waals surface area contributed by atoms with Gasteiger partial charge >= 0.3 is 0 Å². The predicted octanol–water partition coefficient (Wildman–Crippen LogP) is 4.40. The minimum atomic E-state index is -2.88. The molecule has 9 nitrogen and oxygen atoms in total. The number of hydrogen-bond acceptors (Lipinski definition) is 9. The zero-order valence-electron chi connectivity index (χ0n) is 19.3. The number of pyridine rings is 2. The van der Waals surface area contributed by atoms with Gasteiger partial charge in [0.25, 0.3) is 5.91 Å². The van der Waals surface area contributed by atoms with Gasteiger partial charge < -0.3 is 9.47 Å². The molecule has 1 aromatic carbocycles. The lowest BCUT2D eigenvalue weighted by Crippen LogP contribution is -2.39. The van der Waals surface area contributed by atoms with Crippen LogP contribution in [-0.2, 0) is 9.84 Å². The smallest absolute Gasteiger partial charge is 0.259 e. The van der Waals surface area contributed by atoms with E-state index in [9.17, 15) is 13.2 Å². The number of hydrogen-bond donors (Lipinski definition) is 1. The molecule has 1 aliphatic rings. The fraction of sp³-hybridized carbons (Fsp3) is 0.250. The molecule has 4 heterocycles. The van der Waals surface area contributed by atoms with Gasteiger partial charge in [-0.25, -0.2) is 18.4 Å². The average molecular weight is 545 g/mol. The number of halogens is 1. The Hall–Kier alpha value is -3.28. The Kier molecular flexibility index (Phi) is 6.54. The van der Waals surface area contributed by atoms with Crippen LogP contribution in [-0.4, -0.2) is 54.5 Å². The van der Waals surface area contributed by atoms with Gasteiger partial charge in [-0.3, -0.25) is 15.1 Å². The van der Waals surface area contributed by atoms with Crippen LogP contribution < -0.4 is 14.8 Å². The molecule has 0 bridgehead atoms. The maximum Gasteiger partial charge on any atom is 0.259 e. The highest BCUT2D eigenvalue weighted by Crippen LogP contribution is 2.35. The van der Waals surface area contributed by atoms with Gasteiger partial charge in [0.05, 0.1) is 47.2 Å². The zero-order valence-corrected chi connectivity index (χ0v) is 21.7. The summed E-state index contributed by atoms with van der Waals surface area (Å²) in [5.41, 5.74) is 2.96. The Bertz CT molecular complexity index is 1580. The maximum absolute atomic E-state index is 13.3. The molecular formula is C24H21ClN4O5S2. The number of nitrogens with zero attached hydrogens (tertiary/aromatic N) is 3. The molecule has 0 radical (unpaired) electrons. The second-order valence-corrected chi connectivity index (χ2v) is 12.0. The van der Waals surface area contributed by atoms with Crippen molar-refractivity contribution in [1.82, 2.24) is 15.0 Å². The number of thiazole rings is 1. The number of amides is 1. The van der Waals surface area contributed by atoms with E-state index in [1.807, 2.05) is 13.0 Å². The number of sulfone groups is 1. The third-order valence-electron chi connectivity index (χ3n) is 5.67. The highest BCUT2D eigenvalue weighted by Gasteiger charge is 2.33. The highest BCUT2D eigenvalue weighted by molar-refractivity contribution is 7.92. The van der Waals surface area contributed by atoms with E-state index in [1.54, 1.807) is 24.3 Å². The Balaban J connectivity index is 1.37. The van der Waals surface area contributed by atoms with Crippen molar-refractivity contribution < 1.29 is 22.7 Å². The van der Waals surface area contributed by atoms with Gasteiger partial charge in [-0.05, 0) is 31.2 Å². The van der Waals surface area contributed by atoms with Crippen molar-refractivity contribution in [1.29, 1.82) is 0 Å². The number of anilines is 1. The molecule has 1 saturated heterocycles. The van der Waals surface area contributed by atoms with Gasteiger partial charge in [0, 0.05) is 35.0 Å². The summed E-state index contributed by atoms with van der Waals surface area (Å²) in [5.74, 6) is 1.04. The third kappa shape index (κ3) is 5.13. The van der Waals surface area contributed by atoms with E-state index in [2.05, 4.69) is 20.3 Å². The molecule has 0 spiro atoms. The standard InChI is InChI=1S/C24H21ClN4O5S2/c1-13-5-16(17-7-22(25)27-9-20(17)33-2)18(8-26-13)23(30)29-24-28-19-6-15(3-4-21(19)35-24)34-10-14-11-36(31,32)12-14/h3-9,14H,10-12H2,1-2H3,(H,28,29,30). The van der Waals surface area contributed by atoms with Gasteiger partial charge in [-0.15, -0.1) is 0 Å². The first-order valence-electron chi connectivity index (χ1n) is 10.9. The van der Waals surface area contributed by atoms with Crippen LogP contribution in [0.1, 0.15) is 16.1 Å². The second-order valence-electron chi connectivity index (χ2n) is 8.44. The summed E-state index contributed by atoms with van der Waals surface area (Å²) in [4.78, 5) is 26.1. The van der Waals surface area contributed by atoms with Crippen molar-refractivity contribution >= 4 is 54.0 Å². The Morgan fingerprint density at radius 1 is 1.17 bits per heavy atom. The normalized spacial score (nSPS) is 14.9. The fourth-order valence-electron chi connectivity index (χ4n) is 3.95. The monoisotopic (exact) mass is 544 g/mol. The van der Waals surface area contributed by atoms with Crippen LogP contribution in [0.4, 0.5) is 5.13 Å². The van der Waals surface area contributed by atoms with E-state index >= 15 is 0 Å². The summed E-state index contributed by atoms with van der Waals surface area (Å²) in [6, 6.07) is 8.87. The first-order chi connectivity index (χ1) is 17.2. The summed E-state index contributed by atoms with van der Waals surface area (Å²) >= 11 is 7.45. The molecule has 36 heavy (non-hydrogen) atoms. The van der Waals surface area contributed by atoms with Gasteiger partial charge in [0.15, 0.2) is 15.0 Å². The minimum absolute atomic E-state index is 0.0159. The zero-order chi connectivity index (χ0) is 25.4. The Labute approximate surface area is 216 Å². The van der Waals surface area contributed by atoms with E-state index in [-0.39, 0.29) is 28.5 Å². The van der Waals surface area contributed by atoms with Gasteiger partial charge in [-0.2, -0.15) is 0 Å². The van der Waals surface area contributed by atoms with Crippen molar-refractivity contribution in [3.05, 3.63) is 59.1 Å². The molecule has 1 N–H and O–H groups in total. The minimum Gasteiger partial charge on any atom is -0.494 e. The number of ether oxygens (including phenoxy) is 2. The number of rotatable bonds is 7. The highest BCUT2D eigenvalue weighted by atomic mass is 35.5. The lowest BCUT2D eigenvalue weighted by atomic mass is 10.0. The number of carbonyl (C=O) groups is 1. The van der Waals surface area contributed by atoms with Crippen LogP contribution in [0.5, 0.6) is 11.5 Å². The molecule has 1 aliphatic heterocycles. The Morgan fingerprint density at radius 3 is 2.72 bits per heavy atom. The summed E-state index contributed by atoms with van der Waals surface area (Å²) in [7, 11) is -1.36. The van der Waals surface area contributed by atoms with E-state index in [1.165, 1.54) is 30.8 Å². The average Bonchev–Trinajstić information content (AvgIpc) is 3.22. The molecule has 12 heteroatoms. The summed E-state index contributed by atoms with van der Waals surface area (Å²) < 4.78 is 34.7. The number of methoxy groups -OCH3 is 1. The molecule has 1 fully saturated rings. The molecule has 0 aliphatic carbocycles. The van der Waals surface area contributed by atoms with Crippen molar-refractivity contribution in [2.75, 3.05) is 30.5 Å². The predicted molar refractivity (Wildman–Crippen MR) is 139 cm³/mol. The molecule has 1 amide bonds. The Morgan fingerprint density at radius 2 is 1.97 bits per heavy atom. The second kappa shape index (κ2) is 9.64. The van der Waals surface area contributed by atoms with Crippen molar-refractivity contribution in [3.8, 4) is 22.6 Å². The van der Waals surface area contributed by atoms with E-state index in [0.29, 0.717) is 45.4 Å². The molecular weight excluding hydrogens is 524 g/mol. The van der Waals surface area contributed by atoms with Crippen LogP contribution >= 0.6 is 22.9 Å². The number of fused-ring (bicyclic) bond motifs is 1. The number of aromatic nitrogens is 3. The number of carbonyl (C=O) groups excluding carboxylic acids is 1. The first kappa shape index (κ1) is 24.4. The molecule has 0 unspecified atom stereocenters. The SMILES string of the molecule is COc1cnc(Cl)cc1-c1cc(C)ncc1C(=O)Nc1nc2cc(OCC3CS(=O)(=O)C3)ccc2s1. The first-order valence-corrected chi connectivity index (χ1v) is 13.9. The van der Waals surface area contributed by atoms with E-state index in [0.717, 1.165) is 10.4 Å². The molecule has 186 valence electrons.